The Morgan fingerprint density at radius 2 is 1.55 bits per heavy atom. The largest absolute Gasteiger partial charge is 0.506 e. The normalized spacial score (nSPS) is 11.3. The van der Waals surface area contributed by atoms with Crippen molar-refractivity contribution in [3.63, 3.8) is 0 Å². The van der Waals surface area contributed by atoms with Crippen LogP contribution in [0.4, 0.5) is 5.69 Å². The van der Waals surface area contributed by atoms with E-state index in [0.717, 1.165) is 0 Å². The lowest BCUT2D eigenvalue weighted by Gasteiger charge is -2.09. The Morgan fingerprint density at radius 1 is 0.900 bits per heavy atom. The molecule has 0 saturated carbocycles. The topological polar surface area (TPSA) is 66.4 Å². The van der Waals surface area contributed by atoms with E-state index < -0.39 is 10.0 Å². The second-order valence-corrected chi connectivity index (χ2v) is 6.75. The van der Waals surface area contributed by atoms with Gasteiger partial charge in [0.1, 0.15) is 5.75 Å². The summed E-state index contributed by atoms with van der Waals surface area (Å²) in [5, 5.41) is 9.96. The fourth-order valence-electron chi connectivity index (χ4n) is 1.43. The first kappa shape index (κ1) is 15.3. The van der Waals surface area contributed by atoms with Gasteiger partial charge in [0.25, 0.3) is 10.0 Å². The molecular formula is C12H8Cl3NO3S. The molecule has 8 heteroatoms. The van der Waals surface area contributed by atoms with Crippen molar-refractivity contribution in [2.75, 3.05) is 4.72 Å². The van der Waals surface area contributed by atoms with Gasteiger partial charge in [0.05, 0.1) is 25.7 Å². The fraction of sp³-hybridized carbons (Fsp3) is 0. The summed E-state index contributed by atoms with van der Waals surface area (Å²) in [7, 11) is -3.83. The highest BCUT2D eigenvalue weighted by molar-refractivity contribution is 7.92. The molecule has 0 bridgehead atoms. The number of benzene rings is 2. The van der Waals surface area contributed by atoms with Gasteiger partial charge in [0.15, 0.2) is 0 Å². The molecule has 0 aliphatic heterocycles. The molecule has 2 aromatic rings. The Balaban J connectivity index is 2.35. The van der Waals surface area contributed by atoms with E-state index in [9.17, 15) is 13.5 Å². The molecule has 106 valence electrons. The average Bonchev–Trinajstić information content (AvgIpc) is 2.37. The SMILES string of the molecule is O=S(=O)(Nc1ccc(Cl)c(O)c1)c1ccc(Cl)c(Cl)c1. The van der Waals surface area contributed by atoms with Crippen LogP contribution in [0.2, 0.25) is 15.1 Å². The zero-order valence-corrected chi connectivity index (χ0v) is 12.9. The summed E-state index contributed by atoms with van der Waals surface area (Å²) < 4.78 is 26.6. The van der Waals surface area contributed by atoms with Crippen LogP contribution in [-0.2, 0) is 10.0 Å². The van der Waals surface area contributed by atoms with Crippen molar-refractivity contribution in [2.24, 2.45) is 0 Å². The molecule has 0 radical (unpaired) electrons. The number of phenols is 1. The van der Waals surface area contributed by atoms with Crippen LogP contribution in [0.15, 0.2) is 41.3 Å². The number of halogens is 3. The summed E-state index contributed by atoms with van der Waals surface area (Å²) in [6.07, 6.45) is 0. The predicted octanol–water partition coefficient (Wildman–Crippen LogP) is 4.15. The minimum atomic E-state index is -3.83. The smallest absolute Gasteiger partial charge is 0.261 e. The minimum Gasteiger partial charge on any atom is -0.506 e. The second kappa shape index (κ2) is 5.69. The van der Waals surface area contributed by atoms with Crippen LogP contribution >= 0.6 is 34.8 Å². The first-order chi connectivity index (χ1) is 9.29. The molecule has 4 nitrogen and oxygen atoms in total. The summed E-state index contributed by atoms with van der Waals surface area (Å²) in [6, 6.07) is 7.96. The van der Waals surface area contributed by atoms with Crippen LogP contribution in [0.1, 0.15) is 0 Å². The molecular weight excluding hydrogens is 345 g/mol. The van der Waals surface area contributed by atoms with Crippen LogP contribution in [0, 0.1) is 0 Å². The number of hydrogen-bond donors (Lipinski definition) is 2. The Labute approximate surface area is 131 Å². The predicted molar refractivity (Wildman–Crippen MR) is 80.4 cm³/mol. The zero-order valence-electron chi connectivity index (χ0n) is 9.77. The summed E-state index contributed by atoms with van der Waals surface area (Å²) in [6.45, 7) is 0. The Kier molecular flexibility index (Phi) is 4.34. The van der Waals surface area contributed by atoms with Gasteiger partial charge in [-0.1, -0.05) is 34.8 Å². The van der Waals surface area contributed by atoms with Crippen molar-refractivity contribution in [3.05, 3.63) is 51.5 Å². The van der Waals surface area contributed by atoms with Gasteiger partial charge >= 0.3 is 0 Å². The molecule has 0 atom stereocenters. The van der Waals surface area contributed by atoms with Crippen LogP contribution < -0.4 is 4.72 Å². The second-order valence-electron chi connectivity index (χ2n) is 3.85. The average molecular weight is 353 g/mol. The van der Waals surface area contributed by atoms with Gasteiger partial charge in [-0.2, -0.15) is 0 Å². The highest BCUT2D eigenvalue weighted by atomic mass is 35.5. The van der Waals surface area contributed by atoms with Crippen LogP contribution in [0.3, 0.4) is 0 Å². The fourth-order valence-corrected chi connectivity index (χ4v) is 2.99. The maximum atomic E-state index is 12.1. The molecule has 0 fully saturated rings. The van der Waals surface area contributed by atoms with Crippen molar-refractivity contribution in [1.82, 2.24) is 0 Å². The first-order valence-electron chi connectivity index (χ1n) is 5.26. The molecule has 0 amide bonds. The lowest BCUT2D eigenvalue weighted by molar-refractivity contribution is 0.476. The number of rotatable bonds is 3. The van der Waals surface area contributed by atoms with Crippen molar-refractivity contribution in [1.29, 1.82) is 0 Å². The van der Waals surface area contributed by atoms with E-state index in [2.05, 4.69) is 4.72 Å². The van der Waals surface area contributed by atoms with Gasteiger partial charge in [-0.05, 0) is 30.3 Å². The number of hydrogen-bond acceptors (Lipinski definition) is 3. The van der Waals surface area contributed by atoms with Gasteiger partial charge in [0.2, 0.25) is 0 Å². The summed E-state index contributed by atoms with van der Waals surface area (Å²) >= 11 is 17.2. The van der Waals surface area contributed by atoms with Gasteiger partial charge in [-0.25, -0.2) is 8.42 Å². The standard InChI is InChI=1S/C12H8Cl3NO3S/c13-9-4-2-8(6-11(9)15)20(18,19)16-7-1-3-10(14)12(17)5-7/h1-6,16-17H. The summed E-state index contributed by atoms with van der Waals surface area (Å²) in [4.78, 5) is -0.0404. The van der Waals surface area contributed by atoms with Gasteiger partial charge in [0, 0.05) is 6.07 Å². The van der Waals surface area contributed by atoms with Crippen LogP contribution in [0.5, 0.6) is 5.75 Å². The molecule has 0 unspecified atom stereocenters. The van der Waals surface area contributed by atoms with E-state index in [4.69, 9.17) is 34.8 Å². The Morgan fingerprint density at radius 3 is 2.15 bits per heavy atom. The molecule has 20 heavy (non-hydrogen) atoms. The lowest BCUT2D eigenvalue weighted by atomic mass is 10.3. The molecule has 2 N–H and O–H groups in total. The number of phenolic OH excluding ortho intramolecular Hbond substituents is 1. The molecule has 0 spiro atoms. The maximum absolute atomic E-state index is 12.1. The van der Waals surface area contributed by atoms with Crippen molar-refractivity contribution < 1.29 is 13.5 Å². The van der Waals surface area contributed by atoms with Crippen LogP contribution in [-0.4, -0.2) is 13.5 Å². The number of anilines is 1. The highest BCUT2D eigenvalue weighted by Crippen LogP contribution is 2.29. The van der Waals surface area contributed by atoms with E-state index >= 15 is 0 Å². The minimum absolute atomic E-state index is 0.0404. The van der Waals surface area contributed by atoms with Gasteiger partial charge in [-0.3, -0.25) is 4.72 Å². The molecule has 2 aromatic carbocycles. The summed E-state index contributed by atoms with van der Waals surface area (Å²) in [5.74, 6) is -0.221. The molecule has 0 heterocycles. The highest BCUT2D eigenvalue weighted by Gasteiger charge is 2.16. The number of sulfonamides is 1. The molecule has 0 saturated heterocycles. The van der Waals surface area contributed by atoms with E-state index in [1.807, 2.05) is 0 Å². The monoisotopic (exact) mass is 351 g/mol. The Bertz CT molecular complexity index is 763. The quantitative estimate of drug-likeness (QED) is 0.872. The summed E-state index contributed by atoms with van der Waals surface area (Å²) in [5.41, 5.74) is 0.179. The van der Waals surface area contributed by atoms with E-state index in [1.54, 1.807) is 0 Å². The molecule has 0 aliphatic rings. The van der Waals surface area contributed by atoms with Gasteiger partial charge < -0.3 is 5.11 Å². The molecule has 0 aromatic heterocycles. The third-order valence-corrected chi connectivity index (χ3v) is 4.84. The van der Waals surface area contributed by atoms with Crippen LogP contribution in [0.25, 0.3) is 0 Å². The maximum Gasteiger partial charge on any atom is 0.261 e. The Hall–Kier alpha value is -1.14. The number of aromatic hydroxyl groups is 1. The first-order valence-corrected chi connectivity index (χ1v) is 7.88. The van der Waals surface area contributed by atoms with E-state index in [-0.39, 0.29) is 31.4 Å². The van der Waals surface area contributed by atoms with Crippen molar-refractivity contribution in [3.8, 4) is 5.75 Å². The van der Waals surface area contributed by atoms with Crippen molar-refractivity contribution in [2.45, 2.75) is 4.90 Å². The third-order valence-electron chi connectivity index (χ3n) is 2.40. The zero-order chi connectivity index (χ0) is 14.9. The molecule has 0 aliphatic carbocycles. The molecule has 2 rings (SSSR count). The van der Waals surface area contributed by atoms with Gasteiger partial charge in [-0.15, -0.1) is 0 Å². The van der Waals surface area contributed by atoms with E-state index in [1.165, 1.54) is 36.4 Å². The van der Waals surface area contributed by atoms with Crippen molar-refractivity contribution >= 4 is 50.5 Å². The third kappa shape index (κ3) is 3.30. The number of nitrogens with one attached hydrogen (secondary N) is 1. The lowest BCUT2D eigenvalue weighted by Crippen LogP contribution is -2.12. The van der Waals surface area contributed by atoms with E-state index in [0.29, 0.717) is 0 Å².